The van der Waals surface area contributed by atoms with Gasteiger partial charge < -0.3 is 5.32 Å². The van der Waals surface area contributed by atoms with Crippen molar-refractivity contribution in [3.63, 3.8) is 0 Å². The van der Waals surface area contributed by atoms with E-state index in [2.05, 4.69) is 15.4 Å². The first-order valence-corrected chi connectivity index (χ1v) is 6.52. The number of carbonyl (C=O) groups is 1. The molecule has 3 rings (SSSR count). The van der Waals surface area contributed by atoms with E-state index >= 15 is 0 Å². The maximum Gasteiger partial charge on any atom is 0.274 e. The van der Waals surface area contributed by atoms with Crippen LogP contribution in [-0.4, -0.2) is 20.6 Å². The summed E-state index contributed by atoms with van der Waals surface area (Å²) in [5.74, 6) is 0.0112. The van der Waals surface area contributed by atoms with Crippen molar-refractivity contribution in [1.82, 2.24) is 14.7 Å². The van der Waals surface area contributed by atoms with Gasteiger partial charge in [0.05, 0.1) is 5.69 Å². The number of nitrogens with zero attached hydrogens (tertiary/aromatic N) is 3. The minimum absolute atomic E-state index is 0.0112. The van der Waals surface area contributed by atoms with Crippen molar-refractivity contribution >= 4 is 17.2 Å². The molecule has 1 amide bonds. The molecule has 0 atom stereocenters. The summed E-state index contributed by atoms with van der Waals surface area (Å²) in [4.78, 5) is 15.7. The van der Waals surface area contributed by atoms with Crippen LogP contribution in [0.15, 0.2) is 36.7 Å². The number of carbonyl (C=O) groups excluding carboxylic acids is 1. The molecule has 0 aliphatic rings. The molecule has 6 nitrogen and oxygen atoms in total. The number of aryl methyl sites for hydroxylation is 1. The monoisotopic (exact) mass is 270 g/mol. The SMILES string of the molecule is CCC(=O)Nc1ccc(-[n+]2cnc3cc(C)[nH]n32)cc1. The standard InChI is InChI=1S/C14H15N5O/c1-3-14(20)16-11-4-6-12(7-5-11)18-9-15-13-8-10(2)17-19(13)18/h4-9H,3H2,1-2H3,(H,16,20)/p+1. The van der Waals surface area contributed by atoms with E-state index in [1.54, 1.807) is 6.33 Å². The van der Waals surface area contributed by atoms with Crippen LogP contribution in [-0.2, 0) is 4.79 Å². The molecule has 2 N–H and O–H groups in total. The van der Waals surface area contributed by atoms with Crippen molar-refractivity contribution in [3.05, 3.63) is 42.4 Å². The van der Waals surface area contributed by atoms with Gasteiger partial charge in [-0.25, -0.2) is 5.10 Å². The molecule has 0 fully saturated rings. The molecule has 0 spiro atoms. The van der Waals surface area contributed by atoms with Crippen LogP contribution in [0.2, 0.25) is 0 Å². The summed E-state index contributed by atoms with van der Waals surface area (Å²) in [7, 11) is 0. The molecule has 20 heavy (non-hydrogen) atoms. The summed E-state index contributed by atoms with van der Waals surface area (Å²) in [6.45, 7) is 3.82. The highest BCUT2D eigenvalue weighted by atomic mass is 16.1. The number of amides is 1. The molecule has 0 saturated heterocycles. The van der Waals surface area contributed by atoms with Crippen molar-refractivity contribution < 1.29 is 9.48 Å². The van der Waals surface area contributed by atoms with Crippen molar-refractivity contribution in [2.45, 2.75) is 20.3 Å². The number of H-pyrrole nitrogens is 1. The van der Waals surface area contributed by atoms with Crippen molar-refractivity contribution in [2.75, 3.05) is 5.32 Å². The number of anilines is 1. The van der Waals surface area contributed by atoms with Gasteiger partial charge in [0, 0.05) is 18.2 Å². The first-order valence-electron chi connectivity index (χ1n) is 6.52. The van der Waals surface area contributed by atoms with Crippen LogP contribution in [0.4, 0.5) is 5.69 Å². The fourth-order valence-corrected chi connectivity index (χ4v) is 2.06. The highest BCUT2D eigenvalue weighted by Crippen LogP contribution is 2.10. The van der Waals surface area contributed by atoms with E-state index in [9.17, 15) is 4.79 Å². The predicted molar refractivity (Wildman–Crippen MR) is 74.7 cm³/mol. The molecule has 0 aliphatic heterocycles. The van der Waals surface area contributed by atoms with Crippen LogP contribution < -0.4 is 10.00 Å². The molecule has 0 bridgehead atoms. The lowest BCUT2D eigenvalue weighted by atomic mass is 10.2. The van der Waals surface area contributed by atoms with Crippen LogP contribution in [0.1, 0.15) is 19.0 Å². The number of hydrogen-bond acceptors (Lipinski definition) is 2. The summed E-state index contributed by atoms with van der Waals surface area (Å²) in [5.41, 5.74) is 3.68. The minimum atomic E-state index is 0.0112. The van der Waals surface area contributed by atoms with Crippen LogP contribution in [0.3, 0.4) is 0 Å². The van der Waals surface area contributed by atoms with Gasteiger partial charge in [-0.3, -0.25) is 4.79 Å². The van der Waals surface area contributed by atoms with Crippen molar-refractivity contribution in [3.8, 4) is 5.69 Å². The first-order chi connectivity index (χ1) is 9.67. The Morgan fingerprint density at radius 3 is 2.85 bits per heavy atom. The number of rotatable bonds is 3. The van der Waals surface area contributed by atoms with E-state index in [1.165, 1.54) is 0 Å². The number of fused-ring (bicyclic) bond motifs is 1. The quantitative estimate of drug-likeness (QED) is 0.710. The highest BCUT2D eigenvalue weighted by molar-refractivity contribution is 5.90. The van der Waals surface area contributed by atoms with Gasteiger partial charge in [-0.1, -0.05) is 16.5 Å². The van der Waals surface area contributed by atoms with Gasteiger partial charge in [-0.2, -0.15) is 0 Å². The molecule has 0 radical (unpaired) electrons. The lowest BCUT2D eigenvalue weighted by Gasteiger charge is -2.04. The average molecular weight is 270 g/mol. The number of hydrogen-bond donors (Lipinski definition) is 2. The molecule has 2 heterocycles. The smallest absolute Gasteiger partial charge is 0.274 e. The Morgan fingerprint density at radius 1 is 1.40 bits per heavy atom. The third-order valence-corrected chi connectivity index (χ3v) is 3.10. The molecule has 1 aromatic carbocycles. The van der Waals surface area contributed by atoms with Gasteiger partial charge >= 0.3 is 0 Å². The molecule has 0 saturated carbocycles. The molecule has 6 heteroatoms. The molecule has 0 unspecified atom stereocenters. The van der Waals surface area contributed by atoms with E-state index in [0.717, 1.165) is 22.7 Å². The van der Waals surface area contributed by atoms with E-state index in [4.69, 9.17) is 0 Å². The zero-order chi connectivity index (χ0) is 14.1. The fraction of sp³-hybridized carbons (Fsp3) is 0.214. The lowest BCUT2D eigenvalue weighted by Crippen LogP contribution is -2.36. The summed E-state index contributed by atoms with van der Waals surface area (Å²) in [6.07, 6.45) is 2.23. The van der Waals surface area contributed by atoms with Gasteiger partial charge in [0.1, 0.15) is 5.69 Å². The van der Waals surface area contributed by atoms with Crippen LogP contribution in [0.25, 0.3) is 11.3 Å². The number of benzene rings is 1. The molecule has 102 valence electrons. The Balaban J connectivity index is 1.92. The van der Waals surface area contributed by atoms with E-state index in [-0.39, 0.29) is 5.91 Å². The van der Waals surface area contributed by atoms with Crippen molar-refractivity contribution in [1.29, 1.82) is 0 Å². The summed E-state index contributed by atoms with van der Waals surface area (Å²) in [6, 6.07) is 9.62. The molecule has 3 aromatic rings. The maximum atomic E-state index is 11.3. The highest BCUT2D eigenvalue weighted by Gasteiger charge is 2.13. The Kier molecular flexibility index (Phi) is 2.98. The van der Waals surface area contributed by atoms with E-state index in [1.807, 2.05) is 53.5 Å². The molecule has 2 aromatic heterocycles. The van der Waals surface area contributed by atoms with Gasteiger partial charge in [0.2, 0.25) is 5.91 Å². The normalized spacial score (nSPS) is 10.9. The minimum Gasteiger partial charge on any atom is -0.326 e. The topological polar surface area (TPSA) is 66.1 Å². The second-order valence-corrected chi connectivity index (χ2v) is 4.65. The van der Waals surface area contributed by atoms with Crippen LogP contribution in [0.5, 0.6) is 0 Å². The van der Waals surface area contributed by atoms with Crippen molar-refractivity contribution in [2.24, 2.45) is 0 Å². The number of nitrogens with one attached hydrogen (secondary N) is 2. The number of aromatic nitrogens is 4. The predicted octanol–water partition coefficient (Wildman–Crippen LogP) is 1.60. The third-order valence-electron chi connectivity index (χ3n) is 3.10. The third kappa shape index (κ3) is 2.16. The second kappa shape index (κ2) is 4.80. The van der Waals surface area contributed by atoms with E-state index < -0.39 is 0 Å². The lowest BCUT2D eigenvalue weighted by molar-refractivity contribution is -0.674. The molecule has 0 aliphatic carbocycles. The van der Waals surface area contributed by atoms with Crippen LogP contribution >= 0.6 is 0 Å². The zero-order valence-electron chi connectivity index (χ0n) is 11.4. The number of aromatic amines is 1. The summed E-state index contributed by atoms with van der Waals surface area (Å²) >= 11 is 0. The zero-order valence-corrected chi connectivity index (χ0v) is 11.4. The second-order valence-electron chi connectivity index (χ2n) is 4.65. The van der Waals surface area contributed by atoms with Gasteiger partial charge in [-0.15, -0.1) is 4.68 Å². The van der Waals surface area contributed by atoms with Crippen LogP contribution in [0, 0.1) is 6.92 Å². The Morgan fingerprint density at radius 2 is 2.15 bits per heavy atom. The summed E-state index contributed by atoms with van der Waals surface area (Å²) < 4.78 is 3.78. The first kappa shape index (κ1) is 12.4. The van der Waals surface area contributed by atoms with Gasteiger partial charge in [0.25, 0.3) is 12.0 Å². The van der Waals surface area contributed by atoms with Gasteiger partial charge in [0.15, 0.2) is 0 Å². The molecular formula is C14H16N5O+. The fourth-order valence-electron chi connectivity index (χ4n) is 2.06. The molecular weight excluding hydrogens is 254 g/mol. The van der Waals surface area contributed by atoms with Gasteiger partial charge in [-0.05, 0) is 31.2 Å². The largest absolute Gasteiger partial charge is 0.326 e. The Bertz CT molecular complexity index is 754. The Labute approximate surface area is 116 Å². The maximum absolute atomic E-state index is 11.3. The summed E-state index contributed by atoms with van der Waals surface area (Å²) in [5, 5.41) is 6.04. The Hall–Kier alpha value is -2.63. The average Bonchev–Trinajstić information content (AvgIpc) is 2.98. The van der Waals surface area contributed by atoms with E-state index in [0.29, 0.717) is 6.42 Å².